The second-order valence-electron chi connectivity index (χ2n) is 12.8. The molecule has 258 valence electrons. The summed E-state index contributed by atoms with van der Waals surface area (Å²) < 4.78 is 0. The Hall–Kier alpha value is -5.12. The average Bonchev–Trinajstić information content (AvgIpc) is 3.61. The first-order valence-corrected chi connectivity index (χ1v) is 17.0. The Kier molecular flexibility index (Phi) is 13.4. The smallest absolute Gasteiger partial charge is 0.290 e. The van der Waals surface area contributed by atoms with Crippen molar-refractivity contribution in [3.8, 4) is 0 Å². The second kappa shape index (κ2) is 17.9. The van der Waals surface area contributed by atoms with Gasteiger partial charge in [0.15, 0.2) is 0 Å². The number of hydrogen-bond acceptors (Lipinski definition) is 6. The quantitative estimate of drug-likeness (QED) is 0.188. The normalized spacial score (nSPS) is 16.5. The van der Waals surface area contributed by atoms with E-state index >= 15 is 0 Å². The van der Waals surface area contributed by atoms with Gasteiger partial charge in [0, 0.05) is 31.7 Å². The molecule has 49 heavy (non-hydrogen) atoms. The molecule has 1 aliphatic heterocycles. The number of nitrogens with one attached hydrogen (secondary N) is 2. The van der Waals surface area contributed by atoms with Crippen molar-refractivity contribution in [2.45, 2.75) is 76.9 Å². The maximum atomic E-state index is 14.0. The van der Waals surface area contributed by atoms with Gasteiger partial charge in [0.1, 0.15) is 23.9 Å². The van der Waals surface area contributed by atoms with Crippen molar-refractivity contribution in [1.82, 2.24) is 15.5 Å². The Morgan fingerprint density at radius 3 is 1.90 bits per heavy atom. The standard InChI is InChI=1S/C39H46N4O6/c1-3-26(2)34(39(49)43-21-13-20-33(43)36(40)46)42-38(48)35(45)32(24-29-18-11-6-12-19-29)41-37(47)30(22-27-14-7-4-8-15-27)25-31(44)23-28-16-9-5-10-17-28/h4-12,14-19,26,30,32-34H,3,13,20-25H2,1-2H3,(H2,40,46)(H,41,47)(H,42,48). The van der Waals surface area contributed by atoms with Gasteiger partial charge in [-0.05, 0) is 41.9 Å². The molecule has 3 aromatic carbocycles. The molecule has 0 bridgehead atoms. The van der Waals surface area contributed by atoms with E-state index in [0.717, 1.165) is 11.1 Å². The molecule has 1 heterocycles. The number of likely N-dealkylation sites (tertiary alicyclic amines) is 1. The second-order valence-corrected chi connectivity index (χ2v) is 12.8. The van der Waals surface area contributed by atoms with E-state index in [0.29, 0.717) is 31.4 Å². The van der Waals surface area contributed by atoms with Gasteiger partial charge in [-0.1, -0.05) is 111 Å². The third-order valence-electron chi connectivity index (χ3n) is 9.18. The number of primary amides is 1. The first-order valence-electron chi connectivity index (χ1n) is 17.0. The van der Waals surface area contributed by atoms with Gasteiger partial charge in [-0.3, -0.25) is 28.8 Å². The number of carbonyl (C=O) groups excluding carboxylic acids is 6. The third kappa shape index (κ3) is 10.4. The van der Waals surface area contributed by atoms with E-state index in [4.69, 9.17) is 5.73 Å². The Bertz CT molecular complexity index is 1600. The molecular formula is C39H46N4O6. The monoisotopic (exact) mass is 666 g/mol. The molecule has 5 unspecified atom stereocenters. The number of rotatable bonds is 17. The van der Waals surface area contributed by atoms with Crippen molar-refractivity contribution in [3.05, 3.63) is 108 Å². The van der Waals surface area contributed by atoms with E-state index in [1.807, 2.05) is 73.7 Å². The van der Waals surface area contributed by atoms with E-state index < -0.39 is 53.5 Å². The van der Waals surface area contributed by atoms with Gasteiger partial charge in [-0.25, -0.2) is 0 Å². The van der Waals surface area contributed by atoms with Crippen molar-refractivity contribution < 1.29 is 28.8 Å². The molecule has 4 N–H and O–H groups in total. The van der Waals surface area contributed by atoms with Crippen LogP contribution in [-0.2, 0) is 48.0 Å². The van der Waals surface area contributed by atoms with Gasteiger partial charge in [-0.15, -0.1) is 0 Å². The van der Waals surface area contributed by atoms with Crippen molar-refractivity contribution in [2.75, 3.05) is 6.54 Å². The van der Waals surface area contributed by atoms with Gasteiger partial charge in [0.2, 0.25) is 23.5 Å². The van der Waals surface area contributed by atoms with Crippen LogP contribution in [0.4, 0.5) is 0 Å². The Morgan fingerprint density at radius 1 is 0.796 bits per heavy atom. The molecule has 0 spiro atoms. The highest BCUT2D eigenvalue weighted by molar-refractivity contribution is 6.39. The Labute approximate surface area is 287 Å². The van der Waals surface area contributed by atoms with E-state index in [9.17, 15) is 28.8 Å². The zero-order chi connectivity index (χ0) is 35.3. The molecule has 0 saturated carbocycles. The number of benzene rings is 3. The number of nitrogens with two attached hydrogens (primary N) is 1. The highest BCUT2D eigenvalue weighted by Crippen LogP contribution is 2.22. The van der Waals surface area contributed by atoms with E-state index in [1.165, 1.54) is 4.90 Å². The SMILES string of the molecule is CCC(C)C(NC(=O)C(=O)C(Cc1ccccc1)NC(=O)C(CC(=O)Cc1ccccc1)Cc1ccccc1)C(=O)N1CCCC1C(N)=O. The molecule has 10 heteroatoms. The molecule has 0 aromatic heterocycles. The summed E-state index contributed by atoms with van der Waals surface area (Å²) in [6.07, 6.45) is 1.93. The highest BCUT2D eigenvalue weighted by atomic mass is 16.2. The summed E-state index contributed by atoms with van der Waals surface area (Å²) in [6, 6.07) is 24.5. The topological polar surface area (TPSA) is 156 Å². The van der Waals surface area contributed by atoms with Gasteiger partial charge in [0.25, 0.3) is 5.91 Å². The minimum Gasteiger partial charge on any atom is -0.368 e. The predicted octanol–water partition coefficient (Wildman–Crippen LogP) is 3.35. The van der Waals surface area contributed by atoms with Crippen LogP contribution in [0.2, 0.25) is 0 Å². The maximum Gasteiger partial charge on any atom is 0.290 e. The Morgan fingerprint density at radius 2 is 1.35 bits per heavy atom. The molecular weight excluding hydrogens is 620 g/mol. The largest absolute Gasteiger partial charge is 0.368 e. The predicted molar refractivity (Wildman–Crippen MR) is 186 cm³/mol. The number of carbonyl (C=O) groups is 6. The molecule has 1 aliphatic rings. The van der Waals surface area contributed by atoms with Gasteiger partial charge in [-0.2, -0.15) is 0 Å². The minimum absolute atomic E-state index is 0.0205. The summed E-state index contributed by atoms with van der Waals surface area (Å²) >= 11 is 0. The lowest BCUT2D eigenvalue weighted by molar-refractivity contribution is -0.145. The Balaban J connectivity index is 1.56. The number of ketones is 2. The van der Waals surface area contributed by atoms with Crippen LogP contribution < -0.4 is 16.4 Å². The van der Waals surface area contributed by atoms with Gasteiger partial charge >= 0.3 is 0 Å². The molecule has 0 aliphatic carbocycles. The van der Waals surface area contributed by atoms with Crippen molar-refractivity contribution in [2.24, 2.45) is 17.6 Å². The van der Waals surface area contributed by atoms with Crippen LogP contribution >= 0.6 is 0 Å². The minimum atomic E-state index is -1.27. The summed E-state index contributed by atoms with van der Waals surface area (Å²) in [5.74, 6) is -4.83. The lowest BCUT2D eigenvalue weighted by Gasteiger charge is -2.31. The number of amides is 4. The number of hydrogen-bond donors (Lipinski definition) is 3. The molecule has 10 nitrogen and oxygen atoms in total. The fourth-order valence-corrected chi connectivity index (χ4v) is 6.23. The number of Topliss-reactive ketones (excluding diaryl/α,β-unsaturated/α-hetero) is 2. The summed E-state index contributed by atoms with van der Waals surface area (Å²) in [5.41, 5.74) is 7.95. The lowest BCUT2D eigenvalue weighted by Crippen LogP contribution is -2.58. The summed E-state index contributed by atoms with van der Waals surface area (Å²) in [6.45, 7) is 3.97. The zero-order valence-corrected chi connectivity index (χ0v) is 28.2. The van der Waals surface area contributed by atoms with Gasteiger partial charge < -0.3 is 21.3 Å². The molecule has 1 saturated heterocycles. The molecule has 0 radical (unpaired) electrons. The average molecular weight is 667 g/mol. The van der Waals surface area contributed by atoms with Crippen LogP contribution in [0.5, 0.6) is 0 Å². The van der Waals surface area contributed by atoms with Crippen molar-refractivity contribution in [1.29, 1.82) is 0 Å². The molecule has 3 aromatic rings. The summed E-state index contributed by atoms with van der Waals surface area (Å²) in [4.78, 5) is 81.8. The van der Waals surface area contributed by atoms with Crippen LogP contribution in [0.3, 0.4) is 0 Å². The van der Waals surface area contributed by atoms with Gasteiger partial charge in [0.05, 0.1) is 0 Å². The van der Waals surface area contributed by atoms with Crippen LogP contribution in [0.15, 0.2) is 91.0 Å². The third-order valence-corrected chi connectivity index (χ3v) is 9.18. The van der Waals surface area contributed by atoms with Crippen LogP contribution in [0.25, 0.3) is 0 Å². The van der Waals surface area contributed by atoms with Crippen molar-refractivity contribution in [3.63, 3.8) is 0 Å². The van der Waals surface area contributed by atoms with E-state index in [-0.39, 0.29) is 37.4 Å². The molecule has 1 fully saturated rings. The van der Waals surface area contributed by atoms with E-state index in [1.54, 1.807) is 31.2 Å². The van der Waals surface area contributed by atoms with E-state index in [2.05, 4.69) is 10.6 Å². The summed E-state index contributed by atoms with van der Waals surface area (Å²) in [7, 11) is 0. The lowest BCUT2D eigenvalue weighted by atomic mass is 9.90. The highest BCUT2D eigenvalue weighted by Gasteiger charge is 2.40. The van der Waals surface area contributed by atoms with Crippen molar-refractivity contribution >= 4 is 35.2 Å². The van der Waals surface area contributed by atoms with Crippen LogP contribution in [-0.4, -0.2) is 64.8 Å². The first-order chi connectivity index (χ1) is 23.6. The fourth-order valence-electron chi connectivity index (χ4n) is 6.23. The van der Waals surface area contributed by atoms with Crippen LogP contribution in [0.1, 0.15) is 56.2 Å². The summed E-state index contributed by atoms with van der Waals surface area (Å²) in [5, 5.41) is 5.43. The fraction of sp³-hybridized carbons (Fsp3) is 0.385. The first kappa shape index (κ1) is 36.7. The molecule has 5 atom stereocenters. The molecule has 4 amide bonds. The number of nitrogens with zero attached hydrogens (tertiary/aromatic N) is 1. The zero-order valence-electron chi connectivity index (χ0n) is 28.2. The maximum absolute atomic E-state index is 14.0. The van der Waals surface area contributed by atoms with Crippen LogP contribution in [0, 0.1) is 11.8 Å². The molecule has 4 rings (SSSR count).